The van der Waals surface area contributed by atoms with Crippen LogP contribution in [0.4, 0.5) is 0 Å². The van der Waals surface area contributed by atoms with Crippen LogP contribution in [0.15, 0.2) is 0 Å². The molecule has 1 aliphatic rings. The number of hydrogen-bond donors (Lipinski definition) is 1. The molecule has 1 fully saturated rings. The highest BCUT2D eigenvalue weighted by Gasteiger charge is 2.30. The lowest BCUT2D eigenvalue weighted by molar-refractivity contribution is 0.0171. The van der Waals surface area contributed by atoms with Gasteiger partial charge in [-0.1, -0.05) is 27.2 Å². The van der Waals surface area contributed by atoms with E-state index in [2.05, 4.69) is 33.0 Å². The topological polar surface area (TPSA) is 21.3 Å². The largest absolute Gasteiger partial charge is 0.374 e. The second-order valence-corrected chi connectivity index (χ2v) is 5.56. The molecule has 0 aromatic heterocycles. The lowest BCUT2D eigenvalue weighted by atomic mass is 9.93. The van der Waals surface area contributed by atoms with Crippen LogP contribution in [-0.4, -0.2) is 24.8 Å². The maximum Gasteiger partial charge on any atom is 0.0779 e. The van der Waals surface area contributed by atoms with Gasteiger partial charge in [0.2, 0.25) is 0 Å². The van der Waals surface area contributed by atoms with E-state index < -0.39 is 0 Å². The SMILES string of the molecule is CCCC(C)C(CC)NCC1(C)CCCO1. The van der Waals surface area contributed by atoms with E-state index in [-0.39, 0.29) is 5.60 Å². The first kappa shape index (κ1) is 14.0. The molecule has 96 valence electrons. The van der Waals surface area contributed by atoms with Crippen molar-refractivity contribution >= 4 is 0 Å². The highest BCUT2D eigenvalue weighted by molar-refractivity contribution is 4.85. The van der Waals surface area contributed by atoms with Gasteiger partial charge < -0.3 is 10.1 Å². The predicted molar refractivity (Wildman–Crippen MR) is 69.7 cm³/mol. The third-order valence-corrected chi connectivity index (χ3v) is 3.91. The average Bonchev–Trinajstić information content (AvgIpc) is 2.67. The highest BCUT2D eigenvalue weighted by atomic mass is 16.5. The summed E-state index contributed by atoms with van der Waals surface area (Å²) in [4.78, 5) is 0. The minimum absolute atomic E-state index is 0.0966. The van der Waals surface area contributed by atoms with E-state index >= 15 is 0 Å². The Bertz CT molecular complexity index is 187. The van der Waals surface area contributed by atoms with Crippen molar-refractivity contribution in [1.82, 2.24) is 5.32 Å². The third kappa shape index (κ3) is 4.06. The zero-order valence-electron chi connectivity index (χ0n) is 11.5. The molecule has 0 aliphatic carbocycles. The van der Waals surface area contributed by atoms with Crippen LogP contribution in [0.5, 0.6) is 0 Å². The van der Waals surface area contributed by atoms with Crippen LogP contribution >= 0.6 is 0 Å². The summed E-state index contributed by atoms with van der Waals surface area (Å²) in [6.45, 7) is 11.1. The van der Waals surface area contributed by atoms with Crippen molar-refractivity contribution in [2.75, 3.05) is 13.2 Å². The van der Waals surface area contributed by atoms with Crippen LogP contribution < -0.4 is 5.32 Å². The van der Waals surface area contributed by atoms with E-state index in [1.807, 2.05) is 0 Å². The molecule has 1 aliphatic heterocycles. The summed E-state index contributed by atoms with van der Waals surface area (Å²) >= 11 is 0. The van der Waals surface area contributed by atoms with Gasteiger partial charge in [-0.05, 0) is 38.5 Å². The lowest BCUT2D eigenvalue weighted by Crippen LogP contribution is -2.44. The first-order valence-corrected chi connectivity index (χ1v) is 6.98. The molecule has 1 saturated heterocycles. The van der Waals surface area contributed by atoms with Crippen molar-refractivity contribution < 1.29 is 4.74 Å². The summed E-state index contributed by atoms with van der Waals surface area (Å²) in [6.07, 6.45) is 6.26. The van der Waals surface area contributed by atoms with Gasteiger partial charge in [-0.15, -0.1) is 0 Å². The third-order valence-electron chi connectivity index (χ3n) is 3.91. The molecule has 3 unspecified atom stereocenters. The van der Waals surface area contributed by atoms with E-state index in [9.17, 15) is 0 Å². The molecular weight excluding hydrogens is 198 g/mol. The van der Waals surface area contributed by atoms with E-state index in [0.29, 0.717) is 6.04 Å². The van der Waals surface area contributed by atoms with Crippen LogP contribution in [0.1, 0.15) is 59.8 Å². The predicted octanol–water partition coefficient (Wildman–Crippen LogP) is 3.36. The smallest absolute Gasteiger partial charge is 0.0779 e. The van der Waals surface area contributed by atoms with Crippen LogP contribution in [-0.2, 0) is 4.74 Å². The van der Waals surface area contributed by atoms with Crippen LogP contribution in [0, 0.1) is 5.92 Å². The average molecular weight is 227 g/mol. The van der Waals surface area contributed by atoms with Gasteiger partial charge in [0, 0.05) is 19.2 Å². The molecule has 0 radical (unpaired) electrons. The summed E-state index contributed by atoms with van der Waals surface area (Å²) in [5.41, 5.74) is 0.0966. The number of rotatable bonds is 7. The molecule has 0 saturated carbocycles. The minimum atomic E-state index is 0.0966. The Hall–Kier alpha value is -0.0800. The number of ether oxygens (including phenoxy) is 1. The fourth-order valence-corrected chi connectivity index (χ4v) is 2.73. The molecule has 0 aromatic rings. The van der Waals surface area contributed by atoms with Crippen molar-refractivity contribution in [1.29, 1.82) is 0 Å². The quantitative estimate of drug-likeness (QED) is 0.720. The van der Waals surface area contributed by atoms with Gasteiger partial charge in [-0.2, -0.15) is 0 Å². The van der Waals surface area contributed by atoms with Gasteiger partial charge in [-0.25, -0.2) is 0 Å². The monoisotopic (exact) mass is 227 g/mol. The molecule has 0 bridgehead atoms. The number of hydrogen-bond acceptors (Lipinski definition) is 2. The Morgan fingerprint density at radius 1 is 1.38 bits per heavy atom. The van der Waals surface area contributed by atoms with Crippen molar-refractivity contribution in [2.24, 2.45) is 5.92 Å². The van der Waals surface area contributed by atoms with Crippen molar-refractivity contribution in [3.63, 3.8) is 0 Å². The van der Waals surface area contributed by atoms with Gasteiger partial charge in [-0.3, -0.25) is 0 Å². The summed E-state index contributed by atoms with van der Waals surface area (Å²) in [7, 11) is 0. The van der Waals surface area contributed by atoms with Crippen molar-refractivity contribution in [3.05, 3.63) is 0 Å². The Kier molecular flexibility index (Phi) is 5.77. The second-order valence-electron chi connectivity index (χ2n) is 5.56. The van der Waals surface area contributed by atoms with E-state index in [4.69, 9.17) is 4.74 Å². The summed E-state index contributed by atoms with van der Waals surface area (Å²) in [6, 6.07) is 0.654. The molecule has 2 nitrogen and oxygen atoms in total. The first-order valence-electron chi connectivity index (χ1n) is 6.98. The molecule has 1 heterocycles. The molecule has 3 atom stereocenters. The maximum absolute atomic E-state index is 5.81. The maximum atomic E-state index is 5.81. The molecule has 2 heteroatoms. The van der Waals surface area contributed by atoms with Crippen molar-refractivity contribution in [3.8, 4) is 0 Å². The fourth-order valence-electron chi connectivity index (χ4n) is 2.73. The molecule has 1 N–H and O–H groups in total. The zero-order chi connectivity index (χ0) is 12.0. The van der Waals surface area contributed by atoms with Gasteiger partial charge in [0.05, 0.1) is 5.60 Å². The van der Waals surface area contributed by atoms with Crippen molar-refractivity contribution in [2.45, 2.75) is 71.4 Å². The molecule has 16 heavy (non-hydrogen) atoms. The van der Waals surface area contributed by atoms with Crippen LogP contribution in [0.3, 0.4) is 0 Å². The zero-order valence-corrected chi connectivity index (χ0v) is 11.5. The van der Waals surface area contributed by atoms with Gasteiger partial charge in [0.25, 0.3) is 0 Å². The Morgan fingerprint density at radius 2 is 2.12 bits per heavy atom. The fraction of sp³-hybridized carbons (Fsp3) is 1.00. The van der Waals surface area contributed by atoms with Gasteiger partial charge in [0.15, 0.2) is 0 Å². The first-order chi connectivity index (χ1) is 7.61. The molecule has 0 spiro atoms. The Morgan fingerprint density at radius 3 is 2.62 bits per heavy atom. The van der Waals surface area contributed by atoms with E-state index in [1.54, 1.807) is 0 Å². The standard InChI is InChI=1S/C14H29NO/c1-5-8-12(3)13(6-2)15-11-14(4)9-7-10-16-14/h12-13,15H,5-11H2,1-4H3. The molecule has 1 rings (SSSR count). The molecule has 0 amide bonds. The van der Waals surface area contributed by atoms with E-state index in [0.717, 1.165) is 19.1 Å². The highest BCUT2D eigenvalue weighted by Crippen LogP contribution is 2.25. The minimum Gasteiger partial charge on any atom is -0.374 e. The lowest BCUT2D eigenvalue weighted by Gasteiger charge is -2.30. The molecular formula is C14H29NO. The Balaban J connectivity index is 2.32. The van der Waals surface area contributed by atoms with Gasteiger partial charge >= 0.3 is 0 Å². The van der Waals surface area contributed by atoms with Crippen LogP contribution in [0.2, 0.25) is 0 Å². The summed E-state index contributed by atoms with van der Waals surface area (Å²) < 4.78 is 5.81. The van der Waals surface area contributed by atoms with Gasteiger partial charge in [0.1, 0.15) is 0 Å². The normalized spacial score (nSPS) is 29.2. The summed E-state index contributed by atoms with van der Waals surface area (Å²) in [5, 5.41) is 3.71. The Labute approximate surface area is 101 Å². The van der Waals surface area contributed by atoms with Crippen LogP contribution in [0.25, 0.3) is 0 Å². The summed E-state index contributed by atoms with van der Waals surface area (Å²) in [5.74, 6) is 0.778. The number of nitrogens with one attached hydrogen (secondary N) is 1. The van der Waals surface area contributed by atoms with E-state index in [1.165, 1.54) is 32.1 Å². The molecule has 0 aromatic carbocycles. The second kappa shape index (κ2) is 6.61.